The number of nitrogens with zero attached hydrogens (tertiary/aromatic N) is 4. The largest absolute Gasteiger partial charge is 0.439 e. The summed E-state index contributed by atoms with van der Waals surface area (Å²) in [4.78, 5) is 12.0. The van der Waals surface area contributed by atoms with Crippen molar-refractivity contribution in [3.8, 4) is 22.9 Å². The number of imidazole rings is 1. The van der Waals surface area contributed by atoms with Crippen LogP contribution in [0.15, 0.2) is 85.2 Å². The number of hydrogen-bond donors (Lipinski definition) is 0. The monoisotopic (exact) mass is 424 g/mol. The van der Waals surface area contributed by atoms with Crippen molar-refractivity contribution in [3.05, 3.63) is 96.6 Å². The smallest absolute Gasteiger partial charge is 0.219 e. The summed E-state index contributed by atoms with van der Waals surface area (Å²) >= 11 is 0. The van der Waals surface area contributed by atoms with Gasteiger partial charge in [-0.15, -0.1) is 0 Å². The molecule has 0 unspecified atom stereocenters. The minimum atomic E-state index is 0.495. The Hall–Kier alpha value is -3.44. The molecule has 0 bridgehead atoms. The highest BCUT2D eigenvalue weighted by molar-refractivity contribution is 5.58. The van der Waals surface area contributed by atoms with Crippen LogP contribution in [0, 0.1) is 0 Å². The third-order valence-electron chi connectivity index (χ3n) is 6.11. The Labute approximate surface area is 189 Å². The molecular formula is C27H28N4O. The minimum absolute atomic E-state index is 0.495. The van der Waals surface area contributed by atoms with E-state index in [1.807, 2.05) is 48.7 Å². The molecule has 5 nitrogen and oxygen atoms in total. The van der Waals surface area contributed by atoms with Crippen LogP contribution in [-0.2, 0) is 13.6 Å². The molecule has 3 heterocycles. The number of aryl methyl sites for hydroxylation is 1. The summed E-state index contributed by atoms with van der Waals surface area (Å²) in [5, 5.41) is 0. The molecule has 0 spiro atoms. The van der Waals surface area contributed by atoms with Crippen molar-refractivity contribution in [1.29, 1.82) is 0 Å². The summed E-state index contributed by atoms with van der Waals surface area (Å²) in [6.07, 6.45) is 6.23. The van der Waals surface area contributed by atoms with Crippen molar-refractivity contribution in [2.75, 3.05) is 13.1 Å². The zero-order chi connectivity index (χ0) is 21.8. The fourth-order valence-electron chi connectivity index (χ4n) is 4.39. The third-order valence-corrected chi connectivity index (χ3v) is 6.11. The molecule has 2 aromatic heterocycles. The van der Waals surface area contributed by atoms with E-state index in [-0.39, 0.29) is 0 Å². The zero-order valence-electron chi connectivity index (χ0n) is 18.4. The van der Waals surface area contributed by atoms with E-state index in [4.69, 9.17) is 9.72 Å². The molecule has 0 radical (unpaired) electrons. The first kappa shape index (κ1) is 20.5. The second-order valence-corrected chi connectivity index (χ2v) is 8.43. The van der Waals surface area contributed by atoms with Crippen molar-refractivity contribution >= 4 is 0 Å². The highest BCUT2D eigenvalue weighted by atomic mass is 16.5. The average molecular weight is 425 g/mol. The van der Waals surface area contributed by atoms with Gasteiger partial charge in [-0.25, -0.2) is 9.97 Å². The SMILES string of the molecule is Cn1cc(-c2ccc(Oc3ccccc3)nc2)nc1C1CCN(Cc2ccccc2)CC1. The van der Waals surface area contributed by atoms with E-state index in [0.717, 1.165) is 49.5 Å². The molecule has 162 valence electrons. The highest BCUT2D eigenvalue weighted by Crippen LogP contribution is 2.30. The van der Waals surface area contributed by atoms with E-state index >= 15 is 0 Å². The number of hydrogen-bond acceptors (Lipinski definition) is 4. The lowest BCUT2D eigenvalue weighted by Crippen LogP contribution is -2.33. The molecule has 0 amide bonds. The van der Waals surface area contributed by atoms with E-state index in [1.54, 1.807) is 0 Å². The normalized spacial score (nSPS) is 15.0. The van der Waals surface area contributed by atoms with Crippen LogP contribution in [0.5, 0.6) is 11.6 Å². The number of aromatic nitrogens is 3. The summed E-state index contributed by atoms with van der Waals surface area (Å²) in [6, 6.07) is 24.4. The maximum atomic E-state index is 5.80. The molecule has 5 heteroatoms. The van der Waals surface area contributed by atoms with Crippen LogP contribution in [0.1, 0.15) is 30.1 Å². The Morgan fingerprint density at radius 3 is 2.31 bits per heavy atom. The molecular weight excluding hydrogens is 396 g/mol. The number of rotatable bonds is 6. The van der Waals surface area contributed by atoms with Gasteiger partial charge in [-0.2, -0.15) is 0 Å². The molecule has 1 aliphatic heterocycles. The Morgan fingerprint density at radius 1 is 0.906 bits per heavy atom. The zero-order valence-corrected chi connectivity index (χ0v) is 18.4. The first-order valence-corrected chi connectivity index (χ1v) is 11.2. The predicted octanol–water partition coefficient (Wildman–Crippen LogP) is 5.65. The molecule has 0 aliphatic carbocycles. The van der Waals surface area contributed by atoms with Crippen LogP contribution in [0.2, 0.25) is 0 Å². The number of piperidine rings is 1. The van der Waals surface area contributed by atoms with Crippen LogP contribution in [0.3, 0.4) is 0 Å². The Balaban J connectivity index is 1.22. The Kier molecular flexibility index (Phi) is 5.99. The van der Waals surface area contributed by atoms with Crippen molar-refractivity contribution in [1.82, 2.24) is 19.4 Å². The maximum absolute atomic E-state index is 5.80. The van der Waals surface area contributed by atoms with Gasteiger partial charge in [0.2, 0.25) is 5.88 Å². The predicted molar refractivity (Wildman–Crippen MR) is 127 cm³/mol. The van der Waals surface area contributed by atoms with E-state index in [1.165, 1.54) is 11.4 Å². The lowest BCUT2D eigenvalue weighted by atomic mass is 9.95. The van der Waals surface area contributed by atoms with Gasteiger partial charge < -0.3 is 9.30 Å². The molecule has 4 aromatic rings. The Bertz CT molecular complexity index is 1130. The number of pyridine rings is 1. The standard InChI is InChI=1S/C27H28N4O/c1-30-20-25(23-12-13-26(28-18-23)32-24-10-6-3-7-11-24)29-27(30)22-14-16-31(17-15-22)19-21-8-4-2-5-9-21/h2-13,18,20,22H,14-17,19H2,1H3. The summed E-state index contributed by atoms with van der Waals surface area (Å²) in [5.74, 6) is 3.03. The quantitative estimate of drug-likeness (QED) is 0.401. The summed E-state index contributed by atoms with van der Waals surface area (Å²) in [7, 11) is 2.10. The average Bonchev–Trinajstić information content (AvgIpc) is 3.23. The van der Waals surface area contributed by atoms with Gasteiger partial charge in [0.15, 0.2) is 0 Å². The third kappa shape index (κ3) is 4.73. The summed E-state index contributed by atoms with van der Waals surface area (Å²) in [6.45, 7) is 3.24. The lowest BCUT2D eigenvalue weighted by molar-refractivity contribution is 0.200. The molecule has 2 aromatic carbocycles. The van der Waals surface area contributed by atoms with E-state index < -0.39 is 0 Å². The molecule has 0 saturated carbocycles. The van der Waals surface area contributed by atoms with E-state index in [2.05, 4.69) is 58.0 Å². The van der Waals surface area contributed by atoms with Crippen molar-refractivity contribution < 1.29 is 4.74 Å². The molecule has 1 aliphatic rings. The van der Waals surface area contributed by atoms with Crippen molar-refractivity contribution in [3.63, 3.8) is 0 Å². The number of ether oxygens (including phenoxy) is 1. The van der Waals surface area contributed by atoms with Crippen LogP contribution in [0.4, 0.5) is 0 Å². The van der Waals surface area contributed by atoms with Gasteiger partial charge in [0.05, 0.1) is 5.69 Å². The van der Waals surface area contributed by atoms with Crippen LogP contribution < -0.4 is 4.74 Å². The summed E-state index contributed by atoms with van der Waals surface area (Å²) < 4.78 is 7.99. The summed E-state index contributed by atoms with van der Waals surface area (Å²) in [5.41, 5.74) is 3.36. The van der Waals surface area contributed by atoms with Crippen LogP contribution in [-0.4, -0.2) is 32.5 Å². The molecule has 32 heavy (non-hydrogen) atoms. The topological polar surface area (TPSA) is 43.2 Å². The molecule has 1 saturated heterocycles. The first-order chi connectivity index (χ1) is 15.7. The highest BCUT2D eigenvalue weighted by Gasteiger charge is 2.24. The second-order valence-electron chi connectivity index (χ2n) is 8.43. The Morgan fingerprint density at radius 2 is 1.62 bits per heavy atom. The molecule has 0 N–H and O–H groups in total. The minimum Gasteiger partial charge on any atom is -0.439 e. The van der Waals surface area contributed by atoms with E-state index in [9.17, 15) is 0 Å². The van der Waals surface area contributed by atoms with Gasteiger partial charge >= 0.3 is 0 Å². The van der Waals surface area contributed by atoms with Crippen molar-refractivity contribution in [2.24, 2.45) is 7.05 Å². The van der Waals surface area contributed by atoms with E-state index in [0.29, 0.717) is 11.8 Å². The number of benzene rings is 2. The number of likely N-dealkylation sites (tertiary alicyclic amines) is 1. The lowest BCUT2D eigenvalue weighted by Gasteiger charge is -2.31. The molecule has 0 atom stereocenters. The van der Waals surface area contributed by atoms with Gasteiger partial charge in [0.1, 0.15) is 11.6 Å². The fourth-order valence-corrected chi connectivity index (χ4v) is 4.39. The first-order valence-electron chi connectivity index (χ1n) is 11.2. The van der Waals surface area contributed by atoms with Gasteiger partial charge in [-0.1, -0.05) is 48.5 Å². The van der Waals surface area contributed by atoms with Crippen LogP contribution in [0.25, 0.3) is 11.3 Å². The van der Waals surface area contributed by atoms with Gasteiger partial charge in [-0.05, 0) is 49.7 Å². The molecule has 1 fully saturated rings. The van der Waals surface area contributed by atoms with Gasteiger partial charge in [0, 0.05) is 43.5 Å². The van der Waals surface area contributed by atoms with Crippen molar-refractivity contribution in [2.45, 2.75) is 25.3 Å². The van der Waals surface area contributed by atoms with Gasteiger partial charge in [-0.3, -0.25) is 4.90 Å². The maximum Gasteiger partial charge on any atom is 0.219 e. The van der Waals surface area contributed by atoms with Crippen LogP contribution >= 0.6 is 0 Å². The molecule has 5 rings (SSSR count). The number of para-hydroxylation sites is 1. The second kappa shape index (κ2) is 9.37. The fraction of sp³-hybridized carbons (Fsp3) is 0.259. The van der Waals surface area contributed by atoms with Gasteiger partial charge in [0.25, 0.3) is 0 Å².